The summed E-state index contributed by atoms with van der Waals surface area (Å²) in [6, 6.07) is 11.4. The SMILES string of the molecule is CCCN(Cc1ncccn1)C(=O)c1cc(-c2ccc(OC(F)(F)F)cc2)ccc1O. The molecule has 1 heterocycles. The molecule has 1 amide bonds. The van der Waals surface area contributed by atoms with Gasteiger partial charge in [0.1, 0.15) is 17.3 Å². The lowest BCUT2D eigenvalue weighted by molar-refractivity contribution is -0.274. The van der Waals surface area contributed by atoms with E-state index in [1.165, 1.54) is 41.3 Å². The highest BCUT2D eigenvalue weighted by Gasteiger charge is 2.31. The zero-order valence-electron chi connectivity index (χ0n) is 16.6. The third-order valence-corrected chi connectivity index (χ3v) is 4.38. The Balaban J connectivity index is 1.86. The first-order valence-corrected chi connectivity index (χ1v) is 9.51. The Bertz CT molecular complexity index is 1030. The van der Waals surface area contributed by atoms with Crippen LogP contribution in [0.1, 0.15) is 29.5 Å². The van der Waals surface area contributed by atoms with Crippen LogP contribution in [0.4, 0.5) is 13.2 Å². The minimum absolute atomic E-state index is 0.0810. The molecule has 1 aromatic heterocycles. The van der Waals surface area contributed by atoms with Gasteiger partial charge in [-0.15, -0.1) is 13.2 Å². The molecule has 0 unspecified atom stereocenters. The number of carbonyl (C=O) groups excluding carboxylic acids is 1. The lowest BCUT2D eigenvalue weighted by Gasteiger charge is -2.22. The largest absolute Gasteiger partial charge is 0.573 e. The molecule has 0 aliphatic carbocycles. The van der Waals surface area contributed by atoms with E-state index in [0.717, 1.165) is 0 Å². The Morgan fingerprint density at radius 3 is 2.32 bits per heavy atom. The summed E-state index contributed by atoms with van der Waals surface area (Å²) < 4.78 is 40.9. The predicted molar refractivity (Wildman–Crippen MR) is 107 cm³/mol. The summed E-state index contributed by atoms with van der Waals surface area (Å²) in [5.74, 6) is -0.463. The van der Waals surface area contributed by atoms with E-state index in [2.05, 4.69) is 14.7 Å². The van der Waals surface area contributed by atoms with Gasteiger partial charge in [0, 0.05) is 18.9 Å². The second-order valence-corrected chi connectivity index (χ2v) is 6.70. The molecule has 0 aliphatic heterocycles. The van der Waals surface area contributed by atoms with E-state index in [9.17, 15) is 23.1 Å². The van der Waals surface area contributed by atoms with Crippen molar-refractivity contribution in [2.75, 3.05) is 6.54 Å². The summed E-state index contributed by atoms with van der Waals surface area (Å²) in [6.45, 7) is 2.54. The van der Waals surface area contributed by atoms with Gasteiger partial charge >= 0.3 is 6.36 Å². The van der Waals surface area contributed by atoms with Crippen molar-refractivity contribution in [2.24, 2.45) is 0 Å². The molecule has 0 saturated carbocycles. The van der Waals surface area contributed by atoms with Crippen molar-refractivity contribution in [2.45, 2.75) is 26.3 Å². The molecule has 1 N–H and O–H groups in total. The summed E-state index contributed by atoms with van der Waals surface area (Å²) in [5, 5.41) is 10.3. The topological polar surface area (TPSA) is 75.6 Å². The van der Waals surface area contributed by atoms with Crippen LogP contribution in [0.2, 0.25) is 0 Å². The number of benzene rings is 2. The van der Waals surface area contributed by atoms with Gasteiger partial charge in [0.05, 0.1) is 12.1 Å². The second-order valence-electron chi connectivity index (χ2n) is 6.70. The number of nitrogens with zero attached hydrogens (tertiary/aromatic N) is 3. The first-order valence-electron chi connectivity index (χ1n) is 9.51. The molecule has 0 fully saturated rings. The number of amides is 1. The minimum Gasteiger partial charge on any atom is -0.507 e. The smallest absolute Gasteiger partial charge is 0.507 e. The van der Waals surface area contributed by atoms with E-state index in [4.69, 9.17) is 0 Å². The molecule has 31 heavy (non-hydrogen) atoms. The number of aromatic hydroxyl groups is 1. The van der Waals surface area contributed by atoms with Crippen LogP contribution in [0.5, 0.6) is 11.5 Å². The fourth-order valence-corrected chi connectivity index (χ4v) is 3.01. The minimum atomic E-state index is -4.77. The summed E-state index contributed by atoms with van der Waals surface area (Å²) in [4.78, 5) is 22.9. The van der Waals surface area contributed by atoms with Gasteiger partial charge in [0.2, 0.25) is 0 Å². The van der Waals surface area contributed by atoms with Crippen LogP contribution < -0.4 is 4.74 Å². The molecular weight excluding hydrogens is 411 g/mol. The van der Waals surface area contributed by atoms with Gasteiger partial charge in [0.25, 0.3) is 5.91 Å². The third-order valence-electron chi connectivity index (χ3n) is 4.38. The van der Waals surface area contributed by atoms with Crippen molar-refractivity contribution in [1.29, 1.82) is 0 Å². The number of phenolic OH excluding ortho intramolecular Hbond substituents is 1. The van der Waals surface area contributed by atoms with Crippen LogP contribution in [0.15, 0.2) is 60.9 Å². The molecule has 0 aliphatic rings. The van der Waals surface area contributed by atoms with Crippen molar-refractivity contribution in [3.8, 4) is 22.6 Å². The quantitative estimate of drug-likeness (QED) is 0.582. The maximum absolute atomic E-state index is 13.1. The molecule has 0 spiro atoms. The van der Waals surface area contributed by atoms with E-state index in [-0.39, 0.29) is 23.6 Å². The molecule has 0 radical (unpaired) electrons. The molecular formula is C22H20F3N3O3. The number of halogens is 3. The normalized spacial score (nSPS) is 11.2. The number of hydrogen-bond acceptors (Lipinski definition) is 5. The summed E-state index contributed by atoms with van der Waals surface area (Å²) in [5.41, 5.74) is 1.21. The lowest BCUT2D eigenvalue weighted by Crippen LogP contribution is -2.32. The predicted octanol–water partition coefficient (Wildman–Crippen LogP) is 4.80. The molecule has 0 bridgehead atoms. The van der Waals surface area contributed by atoms with Gasteiger partial charge in [-0.05, 0) is 47.9 Å². The average molecular weight is 431 g/mol. The molecule has 162 valence electrons. The standard InChI is InChI=1S/C22H20F3N3O3/c1-2-12-28(14-20-26-10-3-11-27-20)21(30)18-13-16(6-9-19(18)29)15-4-7-17(8-5-15)31-22(23,24)25/h3-11,13,29H,2,12,14H2,1H3. The van der Waals surface area contributed by atoms with Gasteiger partial charge in [-0.3, -0.25) is 4.79 Å². The first kappa shape index (κ1) is 22.1. The van der Waals surface area contributed by atoms with Gasteiger partial charge < -0.3 is 14.7 Å². The summed E-state index contributed by atoms with van der Waals surface area (Å²) >= 11 is 0. The van der Waals surface area contributed by atoms with E-state index < -0.39 is 12.3 Å². The monoisotopic (exact) mass is 431 g/mol. The van der Waals surface area contributed by atoms with Crippen LogP contribution in [-0.2, 0) is 6.54 Å². The van der Waals surface area contributed by atoms with Crippen LogP contribution in [0.3, 0.4) is 0 Å². The van der Waals surface area contributed by atoms with Crippen LogP contribution in [0.25, 0.3) is 11.1 Å². The van der Waals surface area contributed by atoms with Crippen LogP contribution in [-0.4, -0.2) is 38.8 Å². The fourth-order valence-electron chi connectivity index (χ4n) is 3.01. The highest BCUT2D eigenvalue weighted by molar-refractivity contribution is 5.98. The summed E-state index contributed by atoms with van der Waals surface area (Å²) in [7, 11) is 0. The number of carbonyl (C=O) groups is 1. The first-order chi connectivity index (χ1) is 14.8. The van der Waals surface area contributed by atoms with Gasteiger partial charge in [0.15, 0.2) is 0 Å². The highest BCUT2D eigenvalue weighted by Crippen LogP contribution is 2.30. The second kappa shape index (κ2) is 9.46. The van der Waals surface area contributed by atoms with E-state index >= 15 is 0 Å². The number of phenols is 1. The zero-order chi connectivity index (χ0) is 22.4. The molecule has 6 nitrogen and oxygen atoms in total. The molecule has 0 saturated heterocycles. The third kappa shape index (κ3) is 5.94. The van der Waals surface area contributed by atoms with Crippen molar-refractivity contribution in [3.63, 3.8) is 0 Å². The summed E-state index contributed by atoms with van der Waals surface area (Å²) in [6.07, 6.45) is -0.910. The van der Waals surface area contributed by atoms with Gasteiger partial charge in [-0.25, -0.2) is 9.97 Å². The number of aromatic nitrogens is 2. The van der Waals surface area contributed by atoms with Crippen molar-refractivity contribution >= 4 is 5.91 Å². The molecule has 3 aromatic rings. The van der Waals surface area contributed by atoms with Gasteiger partial charge in [-0.2, -0.15) is 0 Å². The van der Waals surface area contributed by atoms with E-state index in [1.54, 1.807) is 24.5 Å². The molecule has 0 atom stereocenters. The Hall–Kier alpha value is -3.62. The van der Waals surface area contributed by atoms with Crippen molar-refractivity contribution in [1.82, 2.24) is 14.9 Å². The number of alkyl halides is 3. The number of rotatable bonds is 7. The zero-order valence-corrected chi connectivity index (χ0v) is 16.6. The highest BCUT2D eigenvalue weighted by atomic mass is 19.4. The average Bonchev–Trinajstić information content (AvgIpc) is 2.73. The Morgan fingerprint density at radius 2 is 1.71 bits per heavy atom. The lowest BCUT2D eigenvalue weighted by atomic mass is 10.0. The van der Waals surface area contributed by atoms with Crippen molar-refractivity contribution < 1.29 is 27.8 Å². The van der Waals surface area contributed by atoms with Gasteiger partial charge in [-0.1, -0.05) is 25.1 Å². The van der Waals surface area contributed by atoms with E-state index in [1.807, 2.05) is 6.92 Å². The van der Waals surface area contributed by atoms with E-state index in [0.29, 0.717) is 29.9 Å². The maximum atomic E-state index is 13.1. The number of hydrogen-bond donors (Lipinski definition) is 1. The Kier molecular flexibility index (Phi) is 6.74. The number of ether oxygens (including phenoxy) is 1. The van der Waals surface area contributed by atoms with Crippen LogP contribution in [0, 0.1) is 0 Å². The fraction of sp³-hybridized carbons (Fsp3) is 0.227. The maximum Gasteiger partial charge on any atom is 0.573 e. The molecule has 9 heteroatoms. The molecule has 2 aromatic carbocycles. The molecule has 3 rings (SSSR count). The Labute approximate surface area is 177 Å². The van der Waals surface area contributed by atoms with Crippen molar-refractivity contribution in [3.05, 3.63) is 72.3 Å². The van der Waals surface area contributed by atoms with Crippen LogP contribution >= 0.6 is 0 Å². The Morgan fingerprint density at radius 1 is 1.06 bits per heavy atom.